The fourth-order valence-electron chi connectivity index (χ4n) is 3.33. The summed E-state index contributed by atoms with van der Waals surface area (Å²) in [6.07, 6.45) is 4.29. The topological polar surface area (TPSA) is 49.9 Å². The summed E-state index contributed by atoms with van der Waals surface area (Å²) >= 11 is 0. The third kappa shape index (κ3) is 3.32. The molecule has 2 fully saturated rings. The second-order valence-electron chi connectivity index (χ2n) is 5.79. The zero-order chi connectivity index (χ0) is 14.5. The number of piperidine rings is 1. The Morgan fingerprint density at radius 2 is 1.85 bits per heavy atom. The van der Waals surface area contributed by atoms with Gasteiger partial charge in [-0.25, -0.2) is 0 Å². The molecule has 2 heterocycles. The zero-order valence-corrected chi connectivity index (χ0v) is 12.6. The lowest BCUT2D eigenvalue weighted by Crippen LogP contribution is -2.46. The molecule has 0 radical (unpaired) electrons. The Morgan fingerprint density at radius 3 is 2.45 bits per heavy atom. The second-order valence-corrected chi connectivity index (χ2v) is 5.79. The first-order valence-electron chi connectivity index (χ1n) is 7.74. The maximum Gasteiger partial charge on any atom is 0.226 e. The quantitative estimate of drug-likeness (QED) is 0.780. The van der Waals surface area contributed by atoms with Crippen LogP contribution in [-0.2, 0) is 14.3 Å². The standard InChI is InChI=1S/C15H26N2O3/c1-3-14(18)16-9-6-12(7-10-16)15(19)17-8-4-5-13(17)11-20-2/h12-13H,3-11H2,1-2H3/t13-/m0/s1. The maximum absolute atomic E-state index is 12.6. The molecule has 0 aromatic rings. The first kappa shape index (κ1) is 15.3. The molecular formula is C15H26N2O3. The van der Waals surface area contributed by atoms with E-state index < -0.39 is 0 Å². The van der Waals surface area contributed by atoms with Gasteiger partial charge in [-0.05, 0) is 25.7 Å². The molecule has 0 aromatic heterocycles. The number of carbonyl (C=O) groups is 2. The van der Waals surface area contributed by atoms with E-state index >= 15 is 0 Å². The Morgan fingerprint density at radius 1 is 1.15 bits per heavy atom. The Labute approximate surface area is 121 Å². The van der Waals surface area contributed by atoms with E-state index in [1.807, 2.05) is 16.7 Å². The van der Waals surface area contributed by atoms with Gasteiger partial charge in [-0.3, -0.25) is 9.59 Å². The van der Waals surface area contributed by atoms with Gasteiger partial charge in [0.25, 0.3) is 0 Å². The highest BCUT2D eigenvalue weighted by atomic mass is 16.5. The molecule has 20 heavy (non-hydrogen) atoms. The number of amides is 2. The number of rotatable bonds is 4. The fourth-order valence-corrected chi connectivity index (χ4v) is 3.33. The number of ether oxygens (including phenoxy) is 1. The van der Waals surface area contributed by atoms with Gasteiger partial charge in [0, 0.05) is 39.1 Å². The predicted molar refractivity (Wildman–Crippen MR) is 76.2 cm³/mol. The van der Waals surface area contributed by atoms with Crippen LogP contribution in [0.25, 0.3) is 0 Å². The normalized spacial score (nSPS) is 24.2. The van der Waals surface area contributed by atoms with Crippen molar-refractivity contribution in [1.29, 1.82) is 0 Å². The molecule has 5 nitrogen and oxygen atoms in total. The maximum atomic E-state index is 12.6. The molecular weight excluding hydrogens is 256 g/mol. The van der Waals surface area contributed by atoms with Gasteiger partial charge in [0.05, 0.1) is 12.6 Å². The summed E-state index contributed by atoms with van der Waals surface area (Å²) in [4.78, 5) is 28.1. The number of methoxy groups -OCH3 is 1. The molecule has 2 saturated heterocycles. The van der Waals surface area contributed by atoms with Crippen LogP contribution in [0.4, 0.5) is 0 Å². The number of hydrogen-bond acceptors (Lipinski definition) is 3. The van der Waals surface area contributed by atoms with E-state index in [9.17, 15) is 9.59 Å². The monoisotopic (exact) mass is 282 g/mol. The van der Waals surface area contributed by atoms with E-state index in [1.54, 1.807) is 7.11 Å². The van der Waals surface area contributed by atoms with Crippen molar-refractivity contribution in [3.8, 4) is 0 Å². The molecule has 2 rings (SSSR count). The van der Waals surface area contributed by atoms with Crippen molar-refractivity contribution < 1.29 is 14.3 Å². The average Bonchev–Trinajstić information content (AvgIpc) is 2.94. The summed E-state index contributed by atoms with van der Waals surface area (Å²) in [6.45, 7) is 4.84. The lowest BCUT2D eigenvalue weighted by molar-refractivity contribution is -0.141. The molecule has 2 amide bonds. The third-order valence-corrected chi connectivity index (χ3v) is 4.52. The third-order valence-electron chi connectivity index (χ3n) is 4.52. The Kier molecular flexibility index (Phi) is 5.40. The minimum atomic E-state index is 0.0911. The zero-order valence-electron chi connectivity index (χ0n) is 12.6. The fraction of sp³-hybridized carbons (Fsp3) is 0.867. The van der Waals surface area contributed by atoms with Crippen LogP contribution >= 0.6 is 0 Å². The number of nitrogens with zero attached hydrogens (tertiary/aromatic N) is 2. The predicted octanol–water partition coefficient (Wildman–Crippen LogP) is 1.27. The molecule has 0 spiro atoms. The van der Waals surface area contributed by atoms with E-state index in [2.05, 4.69) is 0 Å². The van der Waals surface area contributed by atoms with Gasteiger partial charge >= 0.3 is 0 Å². The smallest absolute Gasteiger partial charge is 0.226 e. The van der Waals surface area contributed by atoms with Crippen molar-refractivity contribution in [2.24, 2.45) is 5.92 Å². The van der Waals surface area contributed by atoms with E-state index in [0.29, 0.717) is 13.0 Å². The van der Waals surface area contributed by atoms with E-state index in [4.69, 9.17) is 4.74 Å². The molecule has 0 aliphatic carbocycles. The second kappa shape index (κ2) is 7.07. The molecule has 0 aromatic carbocycles. The lowest BCUT2D eigenvalue weighted by Gasteiger charge is -2.34. The van der Waals surface area contributed by atoms with Gasteiger partial charge < -0.3 is 14.5 Å². The molecule has 2 aliphatic heterocycles. The van der Waals surface area contributed by atoms with Crippen molar-refractivity contribution >= 4 is 11.8 Å². The summed E-state index contributed by atoms with van der Waals surface area (Å²) < 4.78 is 5.21. The molecule has 114 valence electrons. The summed E-state index contributed by atoms with van der Waals surface area (Å²) in [5, 5.41) is 0. The highest BCUT2D eigenvalue weighted by Crippen LogP contribution is 2.25. The van der Waals surface area contributed by atoms with E-state index in [-0.39, 0.29) is 23.8 Å². The summed E-state index contributed by atoms with van der Waals surface area (Å²) in [7, 11) is 1.69. The largest absolute Gasteiger partial charge is 0.383 e. The number of likely N-dealkylation sites (tertiary alicyclic amines) is 2. The van der Waals surface area contributed by atoms with Crippen LogP contribution in [-0.4, -0.2) is 61.0 Å². The van der Waals surface area contributed by atoms with Crippen LogP contribution in [0.5, 0.6) is 0 Å². The molecule has 1 atom stereocenters. The highest BCUT2D eigenvalue weighted by molar-refractivity contribution is 5.80. The van der Waals surface area contributed by atoms with Gasteiger partial charge in [0.2, 0.25) is 11.8 Å². The molecule has 5 heteroatoms. The van der Waals surface area contributed by atoms with E-state index in [1.165, 1.54) is 0 Å². The molecule has 0 bridgehead atoms. The van der Waals surface area contributed by atoms with Gasteiger partial charge in [0.1, 0.15) is 0 Å². The lowest BCUT2D eigenvalue weighted by atomic mass is 9.94. The van der Waals surface area contributed by atoms with Crippen molar-refractivity contribution in [2.45, 2.75) is 45.1 Å². The first-order valence-corrected chi connectivity index (χ1v) is 7.74. The SMILES string of the molecule is CCC(=O)N1CCC(C(=O)N2CCC[C@H]2COC)CC1. The Hall–Kier alpha value is -1.10. The number of carbonyl (C=O) groups excluding carboxylic acids is 2. The van der Waals surface area contributed by atoms with Crippen molar-refractivity contribution in [3.63, 3.8) is 0 Å². The van der Waals surface area contributed by atoms with Crippen LogP contribution in [0.1, 0.15) is 39.0 Å². The van der Waals surface area contributed by atoms with Crippen LogP contribution in [0.15, 0.2) is 0 Å². The Balaban J connectivity index is 1.86. The summed E-state index contributed by atoms with van der Waals surface area (Å²) in [5.74, 6) is 0.566. The van der Waals surface area contributed by atoms with Crippen LogP contribution < -0.4 is 0 Å². The van der Waals surface area contributed by atoms with Crippen molar-refractivity contribution in [1.82, 2.24) is 9.80 Å². The first-order chi connectivity index (χ1) is 9.67. The average molecular weight is 282 g/mol. The number of hydrogen-bond donors (Lipinski definition) is 0. The minimum absolute atomic E-state index is 0.0911. The van der Waals surface area contributed by atoms with Gasteiger partial charge in [-0.1, -0.05) is 6.92 Å². The minimum Gasteiger partial charge on any atom is -0.383 e. The van der Waals surface area contributed by atoms with Crippen LogP contribution in [0, 0.1) is 5.92 Å². The molecule has 2 aliphatic rings. The molecule has 0 N–H and O–H groups in total. The van der Waals surface area contributed by atoms with Gasteiger partial charge in [-0.15, -0.1) is 0 Å². The summed E-state index contributed by atoms with van der Waals surface area (Å²) in [6, 6.07) is 0.253. The van der Waals surface area contributed by atoms with Crippen molar-refractivity contribution in [2.75, 3.05) is 33.4 Å². The highest BCUT2D eigenvalue weighted by Gasteiger charge is 2.35. The molecule has 0 saturated carbocycles. The Bertz CT molecular complexity index is 351. The van der Waals surface area contributed by atoms with E-state index in [0.717, 1.165) is 45.3 Å². The van der Waals surface area contributed by atoms with Crippen molar-refractivity contribution in [3.05, 3.63) is 0 Å². The summed E-state index contributed by atoms with van der Waals surface area (Å²) in [5.41, 5.74) is 0. The van der Waals surface area contributed by atoms with Crippen LogP contribution in [0.2, 0.25) is 0 Å². The van der Waals surface area contributed by atoms with Crippen LogP contribution in [0.3, 0.4) is 0 Å². The van der Waals surface area contributed by atoms with Gasteiger partial charge in [-0.2, -0.15) is 0 Å². The van der Waals surface area contributed by atoms with Gasteiger partial charge in [0.15, 0.2) is 0 Å². The molecule has 0 unspecified atom stereocenters.